The molecule has 0 radical (unpaired) electrons. The van der Waals surface area contributed by atoms with Gasteiger partial charge in [0.2, 0.25) is 0 Å². The minimum atomic E-state index is -0.252. The van der Waals surface area contributed by atoms with Crippen LogP contribution in [0.25, 0.3) is 0 Å². The van der Waals surface area contributed by atoms with E-state index in [0.717, 1.165) is 5.01 Å². The van der Waals surface area contributed by atoms with E-state index in [4.69, 9.17) is 5.73 Å². The standard InChI is InChI=1S/C8H14N4S/c1-8(2,12-7(9)10-3)6-11-4-5-13-6/h4-5H,1-3H3,(H3,9,10,12). The molecule has 13 heavy (non-hydrogen) atoms. The summed E-state index contributed by atoms with van der Waals surface area (Å²) >= 11 is 1.60. The van der Waals surface area contributed by atoms with Crippen LogP contribution in [-0.4, -0.2) is 18.0 Å². The Morgan fingerprint density at radius 3 is 2.85 bits per heavy atom. The molecule has 0 amide bonds. The lowest BCUT2D eigenvalue weighted by Gasteiger charge is -2.23. The largest absolute Gasteiger partial charge is 0.370 e. The first-order valence-electron chi connectivity index (χ1n) is 3.96. The van der Waals surface area contributed by atoms with Gasteiger partial charge >= 0.3 is 0 Å². The van der Waals surface area contributed by atoms with Gasteiger partial charge in [0.15, 0.2) is 5.96 Å². The number of hydrogen-bond acceptors (Lipinski definition) is 3. The first-order chi connectivity index (χ1) is 6.06. The fourth-order valence-corrected chi connectivity index (χ4v) is 1.68. The number of thiazole rings is 1. The monoisotopic (exact) mass is 198 g/mol. The summed E-state index contributed by atoms with van der Waals surface area (Å²) in [5, 5.41) is 6.03. The van der Waals surface area contributed by atoms with Crippen LogP contribution < -0.4 is 11.1 Å². The Kier molecular flexibility index (Phi) is 2.87. The highest BCUT2D eigenvalue weighted by Gasteiger charge is 2.23. The molecule has 4 nitrogen and oxygen atoms in total. The highest BCUT2D eigenvalue weighted by Crippen LogP contribution is 2.21. The fourth-order valence-electron chi connectivity index (χ4n) is 0.962. The number of nitrogens with two attached hydrogens (primary N) is 1. The molecule has 0 aromatic carbocycles. The van der Waals surface area contributed by atoms with Crippen LogP contribution in [0.15, 0.2) is 16.6 Å². The van der Waals surface area contributed by atoms with Gasteiger partial charge < -0.3 is 11.1 Å². The molecule has 0 aliphatic carbocycles. The van der Waals surface area contributed by atoms with Crippen LogP contribution in [0, 0.1) is 0 Å². The summed E-state index contributed by atoms with van der Waals surface area (Å²) in [5.74, 6) is 0.431. The van der Waals surface area contributed by atoms with E-state index in [1.54, 1.807) is 24.6 Å². The minimum Gasteiger partial charge on any atom is -0.370 e. The summed E-state index contributed by atoms with van der Waals surface area (Å²) < 4.78 is 0. The second kappa shape index (κ2) is 3.74. The van der Waals surface area contributed by atoms with Crippen molar-refractivity contribution in [3.63, 3.8) is 0 Å². The van der Waals surface area contributed by atoms with E-state index >= 15 is 0 Å². The lowest BCUT2D eigenvalue weighted by atomic mass is 10.1. The molecule has 0 bridgehead atoms. The average Bonchev–Trinajstić information content (AvgIpc) is 2.55. The van der Waals surface area contributed by atoms with Crippen LogP contribution in [0.2, 0.25) is 0 Å². The van der Waals surface area contributed by atoms with E-state index in [2.05, 4.69) is 15.3 Å². The molecule has 0 atom stereocenters. The van der Waals surface area contributed by atoms with Gasteiger partial charge in [-0.1, -0.05) is 0 Å². The minimum absolute atomic E-state index is 0.252. The third kappa shape index (κ3) is 2.42. The van der Waals surface area contributed by atoms with Crippen molar-refractivity contribution in [3.05, 3.63) is 16.6 Å². The van der Waals surface area contributed by atoms with E-state index in [1.807, 2.05) is 19.2 Å². The molecular formula is C8H14N4S. The maximum atomic E-state index is 5.58. The van der Waals surface area contributed by atoms with Gasteiger partial charge in [-0.15, -0.1) is 11.3 Å². The predicted molar refractivity (Wildman–Crippen MR) is 55.8 cm³/mol. The van der Waals surface area contributed by atoms with Crippen molar-refractivity contribution in [1.29, 1.82) is 0 Å². The Labute approximate surface area is 81.9 Å². The Hall–Kier alpha value is -1.10. The number of rotatable bonds is 2. The zero-order chi connectivity index (χ0) is 9.90. The van der Waals surface area contributed by atoms with Gasteiger partial charge in [0.1, 0.15) is 5.01 Å². The quantitative estimate of drug-likeness (QED) is 0.548. The number of nitrogens with one attached hydrogen (secondary N) is 1. The van der Waals surface area contributed by atoms with Gasteiger partial charge in [-0.3, -0.25) is 4.99 Å². The molecule has 0 aliphatic rings. The van der Waals surface area contributed by atoms with Crippen molar-refractivity contribution in [2.45, 2.75) is 19.4 Å². The second-order valence-corrected chi connectivity index (χ2v) is 4.09. The number of guanidine groups is 1. The van der Waals surface area contributed by atoms with Crippen LogP contribution >= 0.6 is 11.3 Å². The van der Waals surface area contributed by atoms with Crippen molar-refractivity contribution >= 4 is 17.3 Å². The van der Waals surface area contributed by atoms with Crippen LogP contribution in [0.1, 0.15) is 18.9 Å². The van der Waals surface area contributed by atoms with Crippen LogP contribution in [-0.2, 0) is 5.54 Å². The van der Waals surface area contributed by atoms with Crippen molar-refractivity contribution in [3.8, 4) is 0 Å². The van der Waals surface area contributed by atoms with Crippen molar-refractivity contribution in [2.75, 3.05) is 7.05 Å². The predicted octanol–water partition coefficient (Wildman–Crippen LogP) is 0.912. The molecule has 0 spiro atoms. The molecule has 1 aromatic rings. The lowest BCUT2D eigenvalue weighted by Crippen LogP contribution is -2.44. The molecule has 1 heterocycles. The van der Waals surface area contributed by atoms with Gasteiger partial charge in [-0.25, -0.2) is 4.98 Å². The van der Waals surface area contributed by atoms with Crippen LogP contribution in [0.4, 0.5) is 0 Å². The first-order valence-corrected chi connectivity index (χ1v) is 4.84. The highest BCUT2D eigenvalue weighted by atomic mass is 32.1. The van der Waals surface area contributed by atoms with Crippen molar-refractivity contribution in [2.24, 2.45) is 10.7 Å². The Morgan fingerprint density at radius 2 is 2.38 bits per heavy atom. The molecule has 0 saturated carbocycles. The lowest BCUT2D eigenvalue weighted by molar-refractivity contribution is 0.480. The van der Waals surface area contributed by atoms with E-state index in [9.17, 15) is 0 Å². The summed E-state index contributed by atoms with van der Waals surface area (Å²) in [4.78, 5) is 8.06. The molecule has 0 fully saturated rings. The fraction of sp³-hybridized carbons (Fsp3) is 0.500. The zero-order valence-electron chi connectivity index (χ0n) is 8.03. The molecule has 0 saturated heterocycles. The summed E-state index contributed by atoms with van der Waals surface area (Å²) in [5.41, 5.74) is 5.33. The van der Waals surface area contributed by atoms with Gasteiger partial charge in [0.25, 0.3) is 0 Å². The number of aliphatic imine (C=N–C) groups is 1. The number of hydrogen-bond donors (Lipinski definition) is 2. The Bertz CT molecular complexity index is 289. The molecule has 72 valence electrons. The number of nitrogens with zero attached hydrogens (tertiary/aromatic N) is 2. The van der Waals surface area contributed by atoms with E-state index in [-0.39, 0.29) is 5.54 Å². The van der Waals surface area contributed by atoms with Crippen LogP contribution in [0.5, 0.6) is 0 Å². The molecular weight excluding hydrogens is 184 g/mol. The summed E-state index contributed by atoms with van der Waals surface area (Å²) in [6.45, 7) is 4.04. The van der Waals surface area contributed by atoms with Gasteiger partial charge in [0.05, 0.1) is 5.54 Å². The van der Waals surface area contributed by atoms with Gasteiger partial charge in [0, 0.05) is 18.6 Å². The van der Waals surface area contributed by atoms with Gasteiger partial charge in [-0.2, -0.15) is 0 Å². The topological polar surface area (TPSA) is 63.3 Å². The maximum Gasteiger partial charge on any atom is 0.189 e. The molecule has 1 rings (SSSR count). The molecule has 0 aliphatic heterocycles. The summed E-state index contributed by atoms with van der Waals surface area (Å²) in [6, 6.07) is 0. The Morgan fingerprint density at radius 1 is 1.69 bits per heavy atom. The van der Waals surface area contributed by atoms with Crippen molar-refractivity contribution in [1.82, 2.24) is 10.3 Å². The molecule has 3 N–H and O–H groups in total. The van der Waals surface area contributed by atoms with Crippen LogP contribution in [0.3, 0.4) is 0 Å². The SMILES string of the molecule is CN=C(N)NC(C)(C)c1nccs1. The Balaban J connectivity index is 2.78. The highest BCUT2D eigenvalue weighted by molar-refractivity contribution is 7.09. The average molecular weight is 198 g/mol. The van der Waals surface area contributed by atoms with Crippen molar-refractivity contribution < 1.29 is 0 Å². The van der Waals surface area contributed by atoms with E-state index in [1.165, 1.54) is 0 Å². The normalized spacial score (nSPS) is 13.0. The second-order valence-electron chi connectivity index (χ2n) is 3.20. The van der Waals surface area contributed by atoms with E-state index < -0.39 is 0 Å². The number of aromatic nitrogens is 1. The smallest absolute Gasteiger partial charge is 0.189 e. The van der Waals surface area contributed by atoms with E-state index in [0.29, 0.717) is 5.96 Å². The molecule has 0 unspecified atom stereocenters. The zero-order valence-corrected chi connectivity index (χ0v) is 8.85. The third-order valence-electron chi connectivity index (χ3n) is 1.65. The van der Waals surface area contributed by atoms with Gasteiger partial charge in [-0.05, 0) is 13.8 Å². The molecule has 1 aromatic heterocycles. The summed E-state index contributed by atoms with van der Waals surface area (Å²) in [7, 11) is 1.65. The first kappa shape index (κ1) is 9.98. The maximum absolute atomic E-state index is 5.58. The summed E-state index contributed by atoms with van der Waals surface area (Å²) in [6.07, 6.45) is 1.78. The molecule has 5 heteroatoms. The third-order valence-corrected chi connectivity index (χ3v) is 2.75.